The van der Waals surface area contributed by atoms with Crippen LogP contribution in [0, 0.1) is 6.92 Å². The summed E-state index contributed by atoms with van der Waals surface area (Å²) in [5.41, 5.74) is 2.54. The number of aromatic nitrogens is 2. The van der Waals surface area contributed by atoms with Crippen molar-refractivity contribution in [1.82, 2.24) is 14.5 Å². The van der Waals surface area contributed by atoms with Crippen LogP contribution < -0.4 is 16.6 Å². The Morgan fingerprint density at radius 3 is 2.35 bits per heavy atom. The topological polar surface area (TPSA) is 73.1 Å². The van der Waals surface area contributed by atoms with Crippen LogP contribution >= 0.6 is 22.9 Å². The van der Waals surface area contributed by atoms with Crippen LogP contribution in [0.2, 0.25) is 5.02 Å². The minimum absolute atomic E-state index is 0.272. The average molecular weight is 454 g/mol. The number of hydrogen-bond acceptors (Lipinski definition) is 4. The first-order valence-electron chi connectivity index (χ1n) is 9.70. The largest absolute Gasteiger partial charge is 0.350 e. The standard InChI is InChI=1S/C23H20ClN3O3S/c1-15-2-4-16(5-3-15)12-25-20(28)14-27-22(29)21-19(10-11-31-21)26(23(27)30)13-17-6-8-18(24)9-7-17/h2-11H,12-14H2,1H3,(H,25,28). The number of fused-ring (bicyclic) bond motifs is 1. The number of rotatable bonds is 6. The predicted octanol–water partition coefficient (Wildman–Crippen LogP) is 3.55. The van der Waals surface area contributed by atoms with Crippen molar-refractivity contribution in [2.24, 2.45) is 0 Å². The molecule has 8 heteroatoms. The van der Waals surface area contributed by atoms with E-state index < -0.39 is 17.2 Å². The summed E-state index contributed by atoms with van der Waals surface area (Å²) in [6.07, 6.45) is 0. The molecule has 0 fully saturated rings. The van der Waals surface area contributed by atoms with Gasteiger partial charge in [-0.3, -0.25) is 14.2 Å². The molecule has 1 amide bonds. The van der Waals surface area contributed by atoms with Crippen LogP contribution in [0.1, 0.15) is 16.7 Å². The number of hydrogen-bond donors (Lipinski definition) is 1. The summed E-state index contributed by atoms with van der Waals surface area (Å²) in [7, 11) is 0. The molecule has 0 radical (unpaired) electrons. The fourth-order valence-electron chi connectivity index (χ4n) is 3.30. The summed E-state index contributed by atoms with van der Waals surface area (Å²) in [5, 5.41) is 5.15. The molecule has 0 spiro atoms. The Morgan fingerprint density at radius 1 is 0.968 bits per heavy atom. The van der Waals surface area contributed by atoms with Crippen molar-refractivity contribution in [2.75, 3.05) is 0 Å². The van der Waals surface area contributed by atoms with Crippen molar-refractivity contribution in [3.05, 3.63) is 103 Å². The highest BCUT2D eigenvalue weighted by Gasteiger charge is 2.16. The lowest BCUT2D eigenvalue weighted by atomic mass is 10.1. The Balaban J connectivity index is 1.62. The Labute approximate surface area is 187 Å². The van der Waals surface area contributed by atoms with E-state index in [1.807, 2.05) is 43.3 Å². The van der Waals surface area contributed by atoms with Gasteiger partial charge < -0.3 is 5.32 Å². The molecule has 2 aromatic carbocycles. The molecule has 4 aromatic rings. The van der Waals surface area contributed by atoms with Gasteiger partial charge in [0, 0.05) is 11.6 Å². The van der Waals surface area contributed by atoms with Crippen molar-refractivity contribution in [2.45, 2.75) is 26.6 Å². The fourth-order valence-corrected chi connectivity index (χ4v) is 4.27. The Kier molecular flexibility index (Phi) is 6.06. The van der Waals surface area contributed by atoms with Gasteiger partial charge in [-0.05, 0) is 41.6 Å². The second-order valence-electron chi connectivity index (χ2n) is 7.28. The minimum atomic E-state index is -0.517. The summed E-state index contributed by atoms with van der Waals surface area (Å²) < 4.78 is 2.96. The second-order valence-corrected chi connectivity index (χ2v) is 8.64. The van der Waals surface area contributed by atoms with Gasteiger partial charge >= 0.3 is 5.69 Å². The lowest BCUT2D eigenvalue weighted by molar-refractivity contribution is -0.121. The van der Waals surface area contributed by atoms with Gasteiger partial charge in [0.05, 0.1) is 12.1 Å². The molecule has 1 N–H and O–H groups in total. The summed E-state index contributed by atoms with van der Waals surface area (Å²) in [4.78, 5) is 38.5. The van der Waals surface area contributed by atoms with Crippen LogP contribution in [0.4, 0.5) is 0 Å². The van der Waals surface area contributed by atoms with Gasteiger partial charge in [0.15, 0.2) is 0 Å². The quantitative estimate of drug-likeness (QED) is 0.485. The number of nitrogens with zero attached hydrogens (tertiary/aromatic N) is 2. The lowest BCUT2D eigenvalue weighted by Gasteiger charge is -2.13. The zero-order valence-electron chi connectivity index (χ0n) is 16.8. The maximum atomic E-state index is 13.1. The van der Waals surface area contributed by atoms with E-state index >= 15 is 0 Å². The SMILES string of the molecule is Cc1ccc(CNC(=O)Cn2c(=O)c3sccc3n(Cc3ccc(Cl)cc3)c2=O)cc1. The van der Waals surface area contributed by atoms with Gasteiger partial charge in [-0.25, -0.2) is 9.36 Å². The van der Waals surface area contributed by atoms with Crippen molar-refractivity contribution >= 4 is 39.1 Å². The van der Waals surface area contributed by atoms with E-state index in [0.717, 1.165) is 21.3 Å². The number of halogens is 1. The van der Waals surface area contributed by atoms with E-state index in [0.29, 0.717) is 21.8 Å². The van der Waals surface area contributed by atoms with E-state index in [1.165, 1.54) is 15.9 Å². The van der Waals surface area contributed by atoms with Gasteiger partial charge in [-0.1, -0.05) is 53.6 Å². The maximum Gasteiger partial charge on any atom is 0.332 e. The molecule has 0 aliphatic rings. The fraction of sp³-hybridized carbons (Fsp3) is 0.174. The molecule has 158 valence electrons. The first kappa shape index (κ1) is 21.1. The van der Waals surface area contributed by atoms with Crippen molar-refractivity contribution in [3.63, 3.8) is 0 Å². The van der Waals surface area contributed by atoms with Crippen molar-refractivity contribution in [3.8, 4) is 0 Å². The van der Waals surface area contributed by atoms with Gasteiger partial charge in [0.1, 0.15) is 11.2 Å². The molecule has 0 saturated carbocycles. The van der Waals surface area contributed by atoms with Crippen molar-refractivity contribution in [1.29, 1.82) is 0 Å². The number of aryl methyl sites for hydroxylation is 1. The monoisotopic (exact) mass is 453 g/mol. The third kappa shape index (κ3) is 4.62. The number of carbonyl (C=O) groups is 1. The molecule has 6 nitrogen and oxygen atoms in total. The predicted molar refractivity (Wildman–Crippen MR) is 124 cm³/mol. The molecular formula is C23H20ClN3O3S. The molecule has 0 aliphatic carbocycles. The van der Waals surface area contributed by atoms with Crippen LogP contribution in [0.15, 0.2) is 69.6 Å². The minimum Gasteiger partial charge on any atom is -0.350 e. The lowest BCUT2D eigenvalue weighted by Crippen LogP contribution is -2.43. The Morgan fingerprint density at radius 2 is 1.65 bits per heavy atom. The van der Waals surface area contributed by atoms with Crippen LogP contribution in [0.3, 0.4) is 0 Å². The average Bonchev–Trinajstić information content (AvgIpc) is 3.25. The highest BCUT2D eigenvalue weighted by molar-refractivity contribution is 7.17. The summed E-state index contributed by atoms with van der Waals surface area (Å²) in [5.74, 6) is -0.395. The smallest absolute Gasteiger partial charge is 0.332 e. The van der Waals surface area contributed by atoms with Gasteiger partial charge in [-0.15, -0.1) is 11.3 Å². The van der Waals surface area contributed by atoms with Crippen LogP contribution in [-0.2, 0) is 24.4 Å². The number of thiophene rings is 1. The molecule has 0 saturated heterocycles. The molecule has 4 rings (SSSR count). The highest BCUT2D eigenvalue weighted by atomic mass is 35.5. The molecule has 0 unspecified atom stereocenters. The molecule has 0 aliphatic heterocycles. The summed E-state index contributed by atoms with van der Waals surface area (Å²) in [6, 6.07) is 16.7. The molecule has 2 aromatic heterocycles. The Hall–Kier alpha value is -3.16. The first-order valence-corrected chi connectivity index (χ1v) is 11.0. The van der Waals surface area contributed by atoms with Gasteiger partial charge in [-0.2, -0.15) is 0 Å². The Bertz CT molecular complexity index is 1350. The number of benzene rings is 2. The van der Waals surface area contributed by atoms with E-state index in [4.69, 9.17) is 11.6 Å². The molecule has 0 bridgehead atoms. The zero-order valence-corrected chi connectivity index (χ0v) is 18.4. The summed E-state index contributed by atoms with van der Waals surface area (Å²) in [6.45, 7) is 2.26. The second kappa shape index (κ2) is 8.91. The number of amides is 1. The van der Waals surface area contributed by atoms with E-state index in [1.54, 1.807) is 23.6 Å². The van der Waals surface area contributed by atoms with Crippen molar-refractivity contribution < 1.29 is 4.79 Å². The normalized spacial score (nSPS) is 11.0. The van der Waals surface area contributed by atoms with Gasteiger partial charge in [0.25, 0.3) is 5.56 Å². The molecule has 0 atom stereocenters. The molecular weight excluding hydrogens is 434 g/mol. The van der Waals surface area contributed by atoms with Crippen LogP contribution in [-0.4, -0.2) is 15.0 Å². The zero-order chi connectivity index (χ0) is 22.0. The molecule has 2 heterocycles. The highest BCUT2D eigenvalue weighted by Crippen LogP contribution is 2.17. The third-order valence-electron chi connectivity index (χ3n) is 5.00. The van der Waals surface area contributed by atoms with Crippen LogP contribution in [0.5, 0.6) is 0 Å². The molecule has 31 heavy (non-hydrogen) atoms. The van der Waals surface area contributed by atoms with E-state index in [2.05, 4.69) is 5.32 Å². The van der Waals surface area contributed by atoms with Crippen LogP contribution in [0.25, 0.3) is 10.2 Å². The van der Waals surface area contributed by atoms with E-state index in [-0.39, 0.29) is 13.1 Å². The maximum absolute atomic E-state index is 13.1. The number of nitrogens with one attached hydrogen (secondary N) is 1. The van der Waals surface area contributed by atoms with Gasteiger partial charge in [0.2, 0.25) is 5.91 Å². The number of carbonyl (C=O) groups excluding carboxylic acids is 1. The van der Waals surface area contributed by atoms with E-state index in [9.17, 15) is 14.4 Å². The third-order valence-corrected chi connectivity index (χ3v) is 6.15. The summed E-state index contributed by atoms with van der Waals surface area (Å²) >= 11 is 7.21. The first-order chi connectivity index (χ1) is 14.9.